The molecule has 0 saturated carbocycles. The molecule has 4 nitrogen and oxygen atoms in total. The van der Waals surface area contributed by atoms with Crippen LogP contribution in [0.4, 0.5) is 0 Å². The number of carbonyl (C=O) groups is 2. The van der Waals surface area contributed by atoms with Gasteiger partial charge in [0.1, 0.15) is 0 Å². The summed E-state index contributed by atoms with van der Waals surface area (Å²) in [4.78, 5) is 22.6. The van der Waals surface area contributed by atoms with E-state index in [0.717, 1.165) is 0 Å². The normalized spacial score (nSPS) is 9.62. The zero-order valence-corrected chi connectivity index (χ0v) is 9.61. The van der Waals surface area contributed by atoms with Crippen LogP contribution >= 0.6 is 0 Å². The highest BCUT2D eigenvalue weighted by molar-refractivity contribution is 5.94. The first-order chi connectivity index (χ1) is 7.63. The van der Waals surface area contributed by atoms with E-state index in [4.69, 9.17) is 9.47 Å². The topological polar surface area (TPSA) is 52.6 Å². The van der Waals surface area contributed by atoms with Crippen LogP contribution in [-0.4, -0.2) is 25.2 Å². The minimum atomic E-state index is -0.880. The third-order valence-electron chi connectivity index (χ3n) is 1.84. The predicted molar refractivity (Wildman–Crippen MR) is 60.7 cm³/mol. The number of ether oxygens (including phenoxy) is 2. The summed E-state index contributed by atoms with van der Waals surface area (Å²) < 4.78 is 9.68. The Morgan fingerprint density at radius 3 is 1.75 bits per heavy atom. The molecule has 0 aromatic heterocycles. The molecule has 0 atom stereocenters. The molecule has 16 heavy (non-hydrogen) atoms. The molecule has 0 aliphatic heterocycles. The summed E-state index contributed by atoms with van der Waals surface area (Å²) in [6, 6.07) is 0. The highest BCUT2D eigenvalue weighted by Crippen LogP contribution is 2.03. The van der Waals surface area contributed by atoms with E-state index < -0.39 is 17.9 Å². The van der Waals surface area contributed by atoms with Crippen molar-refractivity contribution in [3.05, 3.63) is 25.3 Å². The number of esters is 2. The second-order valence-electron chi connectivity index (χ2n) is 3.21. The van der Waals surface area contributed by atoms with Crippen LogP contribution in [0.25, 0.3) is 0 Å². The lowest BCUT2D eigenvalue weighted by Gasteiger charge is -2.10. The second-order valence-corrected chi connectivity index (χ2v) is 3.21. The Morgan fingerprint density at radius 2 is 1.44 bits per heavy atom. The smallest absolute Gasteiger partial charge is 0.320 e. The van der Waals surface area contributed by atoms with Crippen molar-refractivity contribution < 1.29 is 19.1 Å². The summed E-state index contributed by atoms with van der Waals surface area (Å²) in [5.41, 5.74) is 0. The average molecular weight is 226 g/mol. The Labute approximate surface area is 95.9 Å². The number of rotatable bonds is 8. The van der Waals surface area contributed by atoms with Gasteiger partial charge in [-0.1, -0.05) is 12.2 Å². The van der Waals surface area contributed by atoms with Crippen LogP contribution in [0.15, 0.2) is 25.3 Å². The van der Waals surface area contributed by atoms with Gasteiger partial charge in [0.15, 0.2) is 5.92 Å². The first-order valence-electron chi connectivity index (χ1n) is 5.18. The maximum atomic E-state index is 11.3. The van der Waals surface area contributed by atoms with Gasteiger partial charge in [-0.2, -0.15) is 0 Å². The molecule has 0 fully saturated rings. The van der Waals surface area contributed by atoms with Gasteiger partial charge in [-0.15, -0.1) is 13.2 Å². The Balaban J connectivity index is 3.86. The molecule has 0 amide bonds. The molecule has 0 spiro atoms. The van der Waals surface area contributed by atoms with Gasteiger partial charge in [0, 0.05) is 0 Å². The van der Waals surface area contributed by atoms with Gasteiger partial charge < -0.3 is 9.47 Å². The zero-order valence-electron chi connectivity index (χ0n) is 9.61. The van der Waals surface area contributed by atoms with Crippen LogP contribution in [0.1, 0.15) is 19.8 Å². The van der Waals surface area contributed by atoms with Crippen LogP contribution in [0, 0.1) is 5.92 Å². The fourth-order valence-electron chi connectivity index (χ4n) is 0.832. The predicted octanol–water partition coefficient (Wildman–Crippen LogP) is 1.86. The van der Waals surface area contributed by atoms with Crippen molar-refractivity contribution in [2.45, 2.75) is 19.8 Å². The molecular formula is C12H18O4. The third-order valence-corrected chi connectivity index (χ3v) is 1.84. The molecule has 0 heterocycles. The van der Waals surface area contributed by atoms with Crippen molar-refractivity contribution in [3.63, 3.8) is 0 Å². The van der Waals surface area contributed by atoms with E-state index in [1.54, 1.807) is 12.2 Å². The Kier molecular flexibility index (Phi) is 7.85. The summed E-state index contributed by atoms with van der Waals surface area (Å²) in [7, 11) is 0. The lowest BCUT2D eigenvalue weighted by molar-refractivity contribution is -0.161. The Hall–Kier alpha value is -1.58. The molecule has 0 bridgehead atoms. The van der Waals surface area contributed by atoms with E-state index in [0.29, 0.717) is 12.8 Å². The van der Waals surface area contributed by atoms with Gasteiger partial charge in [-0.25, -0.2) is 0 Å². The van der Waals surface area contributed by atoms with Gasteiger partial charge in [-0.05, 0) is 19.8 Å². The monoisotopic (exact) mass is 226 g/mol. The molecular weight excluding hydrogens is 208 g/mol. The van der Waals surface area contributed by atoms with Gasteiger partial charge in [0.25, 0.3) is 0 Å². The van der Waals surface area contributed by atoms with Crippen molar-refractivity contribution in [2.75, 3.05) is 13.2 Å². The largest absolute Gasteiger partial charge is 0.465 e. The molecule has 0 saturated heterocycles. The van der Waals surface area contributed by atoms with E-state index in [1.165, 1.54) is 6.92 Å². The fraction of sp³-hybridized carbons (Fsp3) is 0.500. The first-order valence-corrected chi connectivity index (χ1v) is 5.18. The fourth-order valence-corrected chi connectivity index (χ4v) is 0.832. The van der Waals surface area contributed by atoms with Crippen molar-refractivity contribution in [1.29, 1.82) is 0 Å². The van der Waals surface area contributed by atoms with Gasteiger partial charge in [-0.3, -0.25) is 9.59 Å². The van der Waals surface area contributed by atoms with Crippen molar-refractivity contribution in [2.24, 2.45) is 5.92 Å². The Bertz CT molecular complexity index is 232. The van der Waals surface area contributed by atoms with Crippen molar-refractivity contribution >= 4 is 11.9 Å². The molecule has 90 valence electrons. The van der Waals surface area contributed by atoms with Gasteiger partial charge >= 0.3 is 11.9 Å². The van der Waals surface area contributed by atoms with Crippen LogP contribution in [0.2, 0.25) is 0 Å². The molecule has 0 rings (SSSR count). The van der Waals surface area contributed by atoms with E-state index in [9.17, 15) is 9.59 Å². The highest BCUT2D eigenvalue weighted by atomic mass is 16.6. The van der Waals surface area contributed by atoms with Gasteiger partial charge in [0.05, 0.1) is 13.2 Å². The van der Waals surface area contributed by atoms with E-state index in [1.807, 2.05) is 0 Å². The minimum Gasteiger partial charge on any atom is -0.465 e. The molecule has 0 aliphatic carbocycles. The Morgan fingerprint density at radius 1 is 1.06 bits per heavy atom. The van der Waals surface area contributed by atoms with Crippen LogP contribution in [0.3, 0.4) is 0 Å². The summed E-state index contributed by atoms with van der Waals surface area (Å²) in [6.07, 6.45) is 4.43. The molecule has 0 unspecified atom stereocenters. The van der Waals surface area contributed by atoms with E-state index in [2.05, 4.69) is 13.2 Å². The van der Waals surface area contributed by atoms with Crippen molar-refractivity contribution in [1.82, 2.24) is 0 Å². The lowest BCUT2D eigenvalue weighted by Crippen LogP contribution is -2.25. The summed E-state index contributed by atoms with van der Waals surface area (Å²) >= 11 is 0. The second kappa shape index (κ2) is 8.71. The first kappa shape index (κ1) is 14.4. The van der Waals surface area contributed by atoms with Gasteiger partial charge in [0.2, 0.25) is 0 Å². The standard InChI is InChI=1S/C12H18O4/c1-4-6-8-15-11(13)10(3)12(14)16-9-7-5-2/h4-5,10H,1-2,6-9H2,3H3. The maximum Gasteiger partial charge on any atom is 0.320 e. The molecule has 4 heteroatoms. The summed E-state index contributed by atoms with van der Waals surface area (Å²) in [6.45, 7) is 8.94. The van der Waals surface area contributed by atoms with Crippen LogP contribution in [-0.2, 0) is 19.1 Å². The number of carbonyl (C=O) groups excluding carboxylic acids is 2. The van der Waals surface area contributed by atoms with Crippen LogP contribution < -0.4 is 0 Å². The number of hydrogen-bond donors (Lipinski definition) is 0. The van der Waals surface area contributed by atoms with E-state index in [-0.39, 0.29) is 13.2 Å². The molecule has 0 aliphatic rings. The third kappa shape index (κ3) is 6.01. The highest BCUT2D eigenvalue weighted by Gasteiger charge is 2.24. The number of hydrogen-bond acceptors (Lipinski definition) is 4. The molecule has 0 N–H and O–H groups in total. The summed E-state index contributed by atoms with van der Waals surface area (Å²) in [5.74, 6) is -2.01. The average Bonchev–Trinajstić information content (AvgIpc) is 2.28. The SMILES string of the molecule is C=CCCOC(=O)C(C)C(=O)OCCC=C. The zero-order chi connectivity index (χ0) is 12.4. The van der Waals surface area contributed by atoms with Crippen LogP contribution in [0.5, 0.6) is 0 Å². The quantitative estimate of drug-likeness (QED) is 0.274. The summed E-state index contributed by atoms with van der Waals surface area (Å²) in [5, 5.41) is 0. The lowest BCUT2D eigenvalue weighted by atomic mass is 10.2. The molecule has 0 radical (unpaired) electrons. The maximum absolute atomic E-state index is 11.3. The van der Waals surface area contributed by atoms with E-state index >= 15 is 0 Å². The minimum absolute atomic E-state index is 0.243. The molecule has 0 aromatic carbocycles. The molecule has 0 aromatic rings. The van der Waals surface area contributed by atoms with Crippen molar-refractivity contribution in [3.8, 4) is 0 Å².